The van der Waals surface area contributed by atoms with E-state index >= 15 is 0 Å². The molecule has 0 unspecified atom stereocenters. The zero-order valence-electron chi connectivity index (χ0n) is 20.1. The standard InChI is InChI=1S/C26H28N4O3.CH2O2/c1-18-27-16-23(25(31)28-15-20-8-5-9-22(14-20)26(32)33)24(29-18)21-10-12-30(13-11-21)17-19-6-3-2-4-7-19;2-1-3/h2-9,14,16,21H,10-13,15,17H2,1H3,(H,28,31)(H,32,33);1H,(H,2,3). The number of likely N-dealkylation sites (tertiary alicyclic amines) is 1. The normalized spacial score (nSPS) is 13.8. The van der Waals surface area contributed by atoms with Crippen LogP contribution in [0.15, 0.2) is 60.8 Å². The van der Waals surface area contributed by atoms with Crippen LogP contribution in [0, 0.1) is 6.92 Å². The number of carboxylic acid groups (broad SMARTS) is 2. The molecule has 0 bridgehead atoms. The highest BCUT2D eigenvalue weighted by molar-refractivity contribution is 5.95. The van der Waals surface area contributed by atoms with Crippen LogP contribution in [0.4, 0.5) is 0 Å². The van der Waals surface area contributed by atoms with E-state index in [4.69, 9.17) is 15.0 Å². The number of aromatic carboxylic acids is 1. The van der Waals surface area contributed by atoms with Crippen LogP contribution in [-0.4, -0.2) is 56.5 Å². The second-order valence-corrected chi connectivity index (χ2v) is 8.55. The van der Waals surface area contributed by atoms with E-state index in [1.807, 2.05) is 13.0 Å². The predicted molar refractivity (Wildman–Crippen MR) is 134 cm³/mol. The number of carbonyl (C=O) groups excluding carboxylic acids is 1. The second-order valence-electron chi connectivity index (χ2n) is 8.55. The molecule has 3 N–H and O–H groups in total. The largest absolute Gasteiger partial charge is 0.483 e. The summed E-state index contributed by atoms with van der Waals surface area (Å²) in [6.07, 6.45) is 3.48. The molecule has 9 heteroatoms. The minimum Gasteiger partial charge on any atom is -0.483 e. The van der Waals surface area contributed by atoms with Gasteiger partial charge in [0.25, 0.3) is 12.4 Å². The van der Waals surface area contributed by atoms with E-state index in [-0.39, 0.29) is 30.4 Å². The van der Waals surface area contributed by atoms with E-state index in [0.717, 1.165) is 43.7 Å². The lowest BCUT2D eigenvalue weighted by Gasteiger charge is -2.32. The quantitative estimate of drug-likeness (QED) is 0.429. The average molecular weight is 491 g/mol. The summed E-state index contributed by atoms with van der Waals surface area (Å²) in [5, 5.41) is 19.0. The van der Waals surface area contributed by atoms with Crippen LogP contribution in [-0.2, 0) is 17.9 Å². The number of hydrogen-bond acceptors (Lipinski definition) is 6. The van der Waals surface area contributed by atoms with Gasteiger partial charge in [-0.1, -0.05) is 42.5 Å². The van der Waals surface area contributed by atoms with E-state index in [2.05, 4.69) is 44.5 Å². The van der Waals surface area contributed by atoms with Crippen molar-refractivity contribution in [3.05, 3.63) is 94.6 Å². The molecule has 1 aliphatic heterocycles. The van der Waals surface area contributed by atoms with Gasteiger partial charge in [-0.3, -0.25) is 14.5 Å². The molecule has 188 valence electrons. The van der Waals surface area contributed by atoms with Crippen LogP contribution < -0.4 is 5.32 Å². The molecule has 0 saturated carbocycles. The molecule has 0 spiro atoms. The molecule has 1 aliphatic rings. The highest BCUT2D eigenvalue weighted by atomic mass is 16.4. The van der Waals surface area contributed by atoms with E-state index in [1.165, 1.54) is 11.6 Å². The lowest BCUT2D eigenvalue weighted by atomic mass is 9.90. The molecule has 0 radical (unpaired) electrons. The maximum Gasteiger partial charge on any atom is 0.335 e. The van der Waals surface area contributed by atoms with Crippen molar-refractivity contribution in [2.45, 2.75) is 38.8 Å². The van der Waals surface area contributed by atoms with E-state index in [0.29, 0.717) is 11.4 Å². The molecular formula is C27H30N4O5. The molecule has 0 aliphatic carbocycles. The maximum atomic E-state index is 13.0. The van der Waals surface area contributed by atoms with Crippen LogP contribution >= 0.6 is 0 Å². The Morgan fingerprint density at radius 2 is 1.75 bits per heavy atom. The summed E-state index contributed by atoms with van der Waals surface area (Å²) in [4.78, 5) is 43.9. The lowest BCUT2D eigenvalue weighted by molar-refractivity contribution is -0.122. The zero-order valence-corrected chi connectivity index (χ0v) is 20.1. The molecule has 1 amide bonds. The third-order valence-corrected chi connectivity index (χ3v) is 6.03. The van der Waals surface area contributed by atoms with Crippen molar-refractivity contribution in [2.75, 3.05) is 13.1 Å². The van der Waals surface area contributed by atoms with Crippen LogP contribution in [0.5, 0.6) is 0 Å². The average Bonchev–Trinajstić information content (AvgIpc) is 2.89. The molecule has 1 aromatic heterocycles. The Kier molecular flexibility index (Phi) is 9.64. The molecule has 3 aromatic rings. The number of amides is 1. The van der Waals surface area contributed by atoms with Crippen molar-refractivity contribution in [3.63, 3.8) is 0 Å². The molecule has 36 heavy (non-hydrogen) atoms. The number of piperidine rings is 1. The highest BCUT2D eigenvalue weighted by Crippen LogP contribution is 2.29. The lowest BCUT2D eigenvalue weighted by Crippen LogP contribution is -2.34. The van der Waals surface area contributed by atoms with Crippen molar-refractivity contribution < 1.29 is 24.6 Å². The molecule has 2 aromatic carbocycles. The van der Waals surface area contributed by atoms with Crippen LogP contribution in [0.3, 0.4) is 0 Å². The number of nitrogens with one attached hydrogen (secondary N) is 1. The predicted octanol–water partition coefficient (Wildman–Crippen LogP) is 3.49. The van der Waals surface area contributed by atoms with Crippen LogP contribution in [0.25, 0.3) is 0 Å². The zero-order chi connectivity index (χ0) is 25.9. The summed E-state index contributed by atoms with van der Waals surface area (Å²) >= 11 is 0. The third-order valence-electron chi connectivity index (χ3n) is 6.03. The Hall–Kier alpha value is -4.11. The first kappa shape index (κ1) is 26.5. The maximum absolute atomic E-state index is 13.0. The number of hydrogen-bond donors (Lipinski definition) is 3. The van der Waals surface area contributed by atoms with Gasteiger partial charge in [0.05, 0.1) is 16.8 Å². The summed E-state index contributed by atoms with van der Waals surface area (Å²) in [5.74, 6) is -0.370. The molecule has 1 fully saturated rings. The molecule has 0 atom stereocenters. The van der Waals surface area contributed by atoms with Gasteiger partial charge in [0.15, 0.2) is 0 Å². The number of aromatic nitrogens is 2. The van der Waals surface area contributed by atoms with Gasteiger partial charge in [-0.2, -0.15) is 0 Å². The van der Waals surface area contributed by atoms with E-state index in [1.54, 1.807) is 24.4 Å². The highest BCUT2D eigenvalue weighted by Gasteiger charge is 2.26. The van der Waals surface area contributed by atoms with E-state index < -0.39 is 5.97 Å². The first-order valence-corrected chi connectivity index (χ1v) is 11.7. The van der Waals surface area contributed by atoms with Gasteiger partial charge in [-0.25, -0.2) is 14.8 Å². The summed E-state index contributed by atoms with van der Waals surface area (Å²) < 4.78 is 0. The van der Waals surface area contributed by atoms with Crippen LogP contribution in [0.2, 0.25) is 0 Å². The number of aryl methyl sites for hydroxylation is 1. The topological polar surface area (TPSA) is 133 Å². The fourth-order valence-electron chi connectivity index (χ4n) is 4.27. The summed E-state index contributed by atoms with van der Waals surface area (Å²) in [5.41, 5.74) is 3.53. The fraction of sp³-hybridized carbons (Fsp3) is 0.296. The number of benzene rings is 2. The smallest absolute Gasteiger partial charge is 0.335 e. The molecular weight excluding hydrogens is 460 g/mol. The molecule has 2 heterocycles. The molecule has 9 nitrogen and oxygen atoms in total. The number of carbonyl (C=O) groups is 3. The number of carboxylic acids is 1. The van der Waals surface area contributed by atoms with Crippen molar-refractivity contribution in [3.8, 4) is 0 Å². The Morgan fingerprint density at radius 1 is 1.08 bits per heavy atom. The second kappa shape index (κ2) is 13.1. The van der Waals surface area contributed by atoms with Crippen molar-refractivity contribution in [1.82, 2.24) is 20.2 Å². The molecule has 4 rings (SSSR count). The van der Waals surface area contributed by atoms with Gasteiger partial charge in [0.1, 0.15) is 5.82 Å². The fourth-order valence-corrected chi connectivity index (χ4v) is 4.27. The summed E-state index contributed by atoms with van der Waals surface area (Å²) in [6, 6.07) is 17.0. The number of nitrogens with zero attached hydrogens (tertiary/aromatic N) is 3. The Labute approximate surface area is 209 Å². The van der Waals surface area contributed by atoms with Crippen LogP contribution in [0.1, 0.15) is 62.1 Å². The monoisotopic (exact) mass is 490 g/mol. The van der Waals surface area contributed by atoms with Crippen molar-refractivity contribution >= 4 is 18.3 Å². The van der Waals surface area contributed by atoms with Gasteiger partial charge in [0, 0.05) is 25.2 Å². The third kappa shape index (κ3) is 7.44. The van der Waals surface area contributed by atoms with Gasteiger partial charge >= 0.3 is 5.97 Å². The van der Waals surface area contributed by atoms with Crippen molar-refractivity contribution in [1.29, 1.82) is 0 Å². The SMILES string of the molecule is Cc1ncc(C(=O)NCc2cccc(C(=O)O)c2)c(C2CCN(Cc3ccccc3)CC2)n1.O=CO. The minimum atomic E-state index is -0.990. The Balaban J connectivity index is 0.00000115. The van der Waals surface area contributed by atoms with Crippen molar-refractivity contribution in [2.24, 2.45) is 0 Å². The van der Waals surface area contributed by atoms with E-state index in [9.17, 15) is 9.59 Å². The summed E-state index contributed by atoms with van der Waals surface area (Å²) in [7, 11) is 0. The van der Waals surface area contributed by atoms with Gasteiger partial charge < -0.3 is 15.5 Å². The van der Waals surface area contributed by atoms with Gasteiger partial charge in [-0.15, -0.1) is 0 Å². The Morgan fingerprint density at radius 3 is 2.42 bits per heavy atom. The first-order valence-electron chi connectivity index (χ1n) is 11.7. The first-order chi connectivity index (χ1) is 17.4. The Bertz CT molecular complexity index is 1180. The van der Waals surface area contributed by atoms with Gasteiger partial charge in [0.2, 0.25) is 0 Å². The van der Waals surface area contributed by atoms with Gasteiger partial charge in [-0.05, 0) is 56.1 Å². The molecule has 1 saturated heterocycles. The summed E-state index contributed by atoms with van der Waals surface area (Å²) in [6.45, 7) is 4.66. The minimum absolute atomic E-state index is 0.198. The number of rotatable bonds is 7.